The average Bonchev–Trinajstić information content (AvgIpc) is 1.54. The molecule has 0 aliphatic rings. The molecule has 9 aromatic heterocycles. The third kappa shape index (κ3) is 12.6. The smallest absolute Gasteiger partial charge is 0.0788 e. The lowest BCUT2D eigenvalue weighted by Crippen LogP contribution is -1.99. The monoisotopic (exact) mass is 1850 g/mol. The van der Waals surface area contributed by atoms with Gasteiger partial charge in [0.25, 0.3) is 0 Å². The molecular formula is C132H84N6S3. The quantitative estimate of drug-likeness (QED) is 0.138. The first-order chi connectivity index (χ1) is 69.8. The average molecular weight is 1850 g/mol. The molecule has 0 N–H and O–H groups in total. The molecule has 0 aliphatic heterocycles. The van der Waals surface area contributed by atoms with E-state index < -0.39 is 0 Å². The van der Waals surface area contributed by atoms with Crippen LogP contribution in [0.3, 0.4) is 0 Å². The summed E-state index contributed by atoms with van der Waals surface area (Å²) in [5, 5.41) is 25.7. The zero-order chi connectivity index (χ0) is 92.8. The number of thiophene rings is 3. The summed E-state index contributed by atoms with van der Waals surface area (Å²) in [5.41, 5.74) is 31.8. The number of aromatic nitrogens is 6. The summed E-state index contributed by atoms with van der Waals surface area (Å²) in [5.74, 6) is 0. The number of hydrogen-bond donors (Lipinski definition) is 0. The van der Waals surface area contributed by atoms with Crippen molar-refractivity contribution in [1.29, 1.82) is 0 Å². The molecule has 6 nitrogen and oxygen atoms in total. The van der Waals surface area contributed by atoms with Crippen molar-refractivity contribution in [1.82, 2.24) is 27.4 Å². The zero-order valence-corrected chi connectivity index (χ0v) is 79.4. The summed E-state index contributed by atoms with van der Waals surface area (Å²) in [6, 6.07) is 174. The number of rotatable bonds is 9. The summed E-state index contributed by atoms with van der Waals surface area (Å²) in [6.07, 6.45) is 0. The molecule has 9 heteroatoms. The van der Waals surface area contributed by atoms with Crippen LogP contribution in [-0.4, -0.2) is 27.4 Å². The third-order valence-electron chi connectivity index (χ3n) is 29.7. The fourth-order valence-corrected chi connectivity index (χ4v) is 26.9. The molecule has 31 rings (SSSR count). The van der Waals surface area contributed by atoms with Gasteiger partial charge in [-0.2, -0.15) is 0 Å². The van der Waals surface area contributed by atoms with Crippen molar-refractivity contribution in [2.24, 2.45) is 7.05 Å². The van der Waals surface area contributed by atoms with Crippen LogP contribution in [0.2, 0.25) is 0 Å². The molecule has 31 aromatic rings. The zero-order valence-electron chi connectivity index (χ0n) is 76.9. The molecule has 0 unspecified atom stereocenters. The van der Waals surface area contributed by atoms with Crippen LogP contribution in [0.25, 0.3) is 275 Å². The van der Waals surface area contributed by atoms with Crippen LogP contribution < -0.4 is 0 Å². The number of benzene rings is 22. The number of para-hydroxylation sites is 6. The maximum atomic E-state index is 2.48. The van der Waals surface area contributed by atoms with E-state index in [-0.39, 0.29) is 0 Å². The van der Waals surface area contributed by atoms with Crippen molar-refractivity contribution in [3.8, 4) is 72.9 Å². The van der Waals surface area contributed by atoms with E-state index in [1.807, 2.05) is 34.0 Å². The first-order valence-electron chi connectivity index (χ1n) is 48.3. The molecule has 0 bridgehead atoms. The lowest BCUT2D eigenvalue weighted by molar-refractivity contribution is 1.01. The highest BCUT2D eigenvalue weighted by atomic mass is 32.1. The Labute approximate surface area is 822 Å². The molecule has 660 valence electrons. The van der Waals surface area contributed by atoms with Crippen LogP contribution in [0.15, 0.2) is 473 Å². The van der Waals surface area contributed by atoms with Gasteiger partial charge in [-0.3, -0.25) is 0 Å². The lowest BCUT2D eigenvalue weighted by Gasteiger charge is -2.14. The van der Waals surface area contributed by atoms with Gasteiger partial charge in [0.05, 0.1) is 60.7 Å². The minimum absolute atomic E-state index is 1.15. The van der Waals surface area contributed by atoms with Gasteiger partial charge in [0, 0.05) is 166 Å². The minimum Gasteiger partial charge on any atom is -0.342 e. The Morgan fingerprint density at radius 2 is 0.404 bits per heavy atom. The second-order valence-electron chi connectivity index (χ2n) is 37.3. The van der Waals surface area contributed by atoms with E-state index in [9.17, 15) is 0 Å². The summed E-state index contributed by atoms with van der Waals surface area (Å²) in [6.45, 7) is 2.15. The Bertz CT molecular complexity index is 10600. The molecule has 0 saturated carbocycles. The summed E-state index contributed by atoms with van der Waals surface area (Å²) >= 11 is 5.65. The van der Waals surface area contributed by atoms with E-state index in [1.54, 1.807) is 0 Å². The van der Waals surface area contributed by atoms with Crippen LogP contribution >= 0.6 is 34.0 Å². The molecule has 0 amide bonds. The third-order valence-corrected chi connectivity index (χ3v) is 33.3. The van der Waals surface area contributed by atoms with Gasteiger partial charge >= 0.3 is 0 Å². The number of aryl methyl sites for hydroxylation is 2. The molecule has 9 heterocycles. The summed E-state index contributed by atoms with van der Waals surface area (Å²) < 4.78 is 22.7. The van der Waals surface area contributed by atoms with Gasteiger partial charge in [-0.15, -0.1) is 34.0 Å². The predicted octanol–water partition coefficient (Wildman–Crippen LogP) is 37.4. The van der Waals surface area contributed by atoms with E-state index in [1.165, 1.54) is 264 Å². The van der Waals surface area contributed by atoms with Crippen molar-refractivity contribution < 1.29 is 0 Å². The SMILES string of the molecule is Cc1ccc(-n2c3ccccc3c3ccc4c5ccccc5n(-c5ccc(-c6cccc7c6sc6ccccc67)cc5)c4c32)cc1.Cn1c2ccccc2c2ccc3c4ccccc4n(-c4ccc(-c5cccc6c5sc5ccccc56)cc4)c3c21.c1ccc2cc(-c3ccc(-n4c5ccccc5c5ccc6c7ccccc7n(-c7ccc(-c8cccc9c8sc8ccccc89)cc7)c6c54)cc3)ccc2c1. The van der Waals surface area contributed by atoms with Gasteiger partial charge in [-0.25, -0.2) is 0 Å². The highest BCUT2D eigenvalue weighted by molar-refractivity contribution is 7.27. The van der Waals surface area contributed by atoms with E-state index in [0.29, 0.717) is 0 Å². The molecule has 0 saturated heterocycles. The van der Waals surface area contributed by atoms with Crippen molar-refractivity contribution in [2.45, 2.75) is 6.92 Å². The Morgan fingerprint density at radius 1 is 0.163 bits per heavy atom. The van der Waals surface area contributed by atoms with E-state index in [2.05, 4.69) is 515 Å². The number of nitrogens with zero attached hydrogens (tertiary/aromatic N) is 6. The maximum absolute atomic E-state index is 2.48. The van der Waals surface area contributed by atoms with Gasteiger partial charge in [0.15, 0.2) is 0 Å². The fourth-order valence-electron chi connectivity index (χ4n) is 23.2. The van der Waals surface area contributed by atoms with E-state index >= 15 is 0 Å². The van der Waals surface area contributed by atoms with Crippen LogP contribution in [-0.2, 0) is 7.05 Å². The van der Waals surface area contributed by atoms with Crippen molar-refractivity contribution in [3.05, 3.63) is 479 Å². The Hall–Kier alpha value is -17.4. The van der Waals surface area contributed by atoms with Gasteiger partial charge in [-0.1, -0.05) is 357 Å². The van der Waals surface area contributed by atoms with Crippen LogP contribution in [0, 0.1) is 6.92 Å². The lowest BCUT2D eigenvalue weighted by atomic mass is 10.0. The maximum Gasteiger partial charge on any atom is 0.0788 e. The highest BCUT2D eigenvalue weighted by Crippen LogP contribution is 2.50. The van der Waals surface area contributed by atoms with Crippen LogP contribution in [0.1, 0.15) is 5.56 Å². The normalized spacial score (nSPS) is 12.0. The minimum atomic E-state index is 1.15. The standard InChI is InChI=1S/C52H32N2S.C43H28N2S.C37H24N2S/c1-2-11-36-32-37(21-20-33(36)10-1)34-22-26-38(27-23-34)53-47-17-6-3-12-41(47)44-30-31-45-42-13-4-7-18-48(42)54(51(45)50(44)53)39-28-24-35(25-29-39)40-15-9-16-46-43-14-5-8-19-49(43)55-52(40)46;1-27-17-21-29(22-18-27)44-38-14-5-2-9-32(38)35-25-26-36-33-10-3-6-15-39(33)45(42(36)41(35)44)30-23-19-28(20-24-30)31-12-8-13-37-34-11-4-7-16-40(34)46-43(31)37;1-38-32-14-5-2-9-26(32)29-21-22-30-27-10-3-6-15-33(27)39(36(30)35(29)38)24-19-17-23(18-20-24)25-12-8-13-31-28-11-4-7-16-34(28)40-37(25)31/h1-32H;2-26H,1H3;2-22H,1H3. The molecule has 0 spiro atoms. The van der Waals surface area contributed by atoms with Gasteiger partial charge in [0.1, 0.15) is 0 Å². The van der Waals surface area contributed by atoms with E-state index in [0.717, 1.165) is 17.1 Å². The molecule has 0 radical (unpaired) electrons. The predicted molar refractivity (Wildman–Crippen MR) is 608 cm³/mol. The first-order valence-corrected chi connectivity index (χ1v) is 50.8. The topological polar surface area (TPSA) is 29.6 Å². The summed E-state index contributed by atoms with van der Waals surface area (Å²) in [7, 11) is 2.20. The molecule has 141 heavy (non-hydrogen) atoms. The van der Waals surface area contributed by atoms with Crippen LogP contribution in [0.5, 0.6) is 0 Å². The van der Waals surface area contributed by atoms with Crippen molar-refractivity contribution in [2.75, 3.05) is 0 Å². The molecule has 0 fully saturated rings. The molecule has 22 aromatic carbocycles. The first kappa shape index (κ1) is 80.8. The second kappa shape index (κ2) is 32.1. The van der Waals surface area contributed by atoms with Gasteiger partial charge in [-0.05, 0) is 184 Å². The highest BCUT2D eigenvalue weighted by Gasteiger charge is 2.27. The fraction of sp³-hybridized carbons (Fsp3) is 0.0152. The molecule has 0 atom stereocenters. The largest absolute Gasteiger partial charge is 0.342 e. The van der Waals surface area contributed by atoms with Crippen LogP contribution in [0.4, 0.5) is 0 Å². The van der Waals surface area contributed by atoms with E-state index in [4.69, 9.17) is 0 Å². The Kier molecular flexibility index (Phi) is 18.4. The van der Waals surface area contributed by atoms with Crippen molar-refractivity contribution >= 4 is 236 Å². The van der Waals surface area contributed by atoms with Crippen molar-refractivity contribution in [3.63, 3.8) is 0 Å². The second-order valence-corrected chi connectivity index (χ2v) is 40.5. The van der Waals surface area contributed by atoms with Gasteiger partial charge in [0.2, 0.25) is 0 Å². The van der Waals surface area contributed by atoms with Gasteiger partial charge < -0.3 is 27.4 Å². The number of fused-ring (bicyclic) bond motifs is 31. The Balaban J connectivity index is 0.000000103. The summed E-state index contributed by atoms with van der Waals surface area (Å²) in [4.78, 5) is 0. The molecular weight excluding hydrogens is 1770 g/mol. The Morgan fingerprint density at radius 3 is 0.738 bits per heavy atom. The molecule has 0 aliphatic carbocycles. The number of hydrogen-bond acceptors (Lipinski definition) is 3.